The number of unbranched alkanes of at least 4 members (excludes halogenated alkanes) is 10. The van der Waals surface area contributed by atoms with Crippen LogP contribution in [0.3, 0.4) is 0 Å². The smallest absolute Gasteiger partial charge is 0.748 e. The minimum Gasteiger partial charge on any atom is -0.748 e. The zero-order valence-corrected chi connectivity index (χ0v) is 24.0. The van der Waals surface area contributed by atoms with Gasteiger partial charge in [-0.05, 0) is 55.4 Å². The van der Waals surface area contributed by atoms with Gasteiger partial charge in [-0.25, -0.2) is 8.42 Å². The summed E-state index contributed by atoms with van der Waals surface area (Å²) >= 11 is 0. The standard InChI is InChI=1S/C26H46O4S.Na/c1-4-7-9-11-13-15-17-23-19-20-25(30-22-26(6-3)31(27,28)29)21-24(23)18-16-14-12-10-8-5-2;/h19-21,26H,4-18,22H2,1-3H3,(H,27,28,29);/q;+1/p-1. The molecule has 180 valence electrons. The zero-order valence-electron chi connectivity index (χ0n) is 21.2. The Morgan fingerprint density at radius 2 is 1.28 bits per heavy atom. The van der Waals surface area contributed by atoms with E-state index in [0.717, 1.165) is 12.8 Å². The predicted molar refractivity (Wildman–Crippen MR) is 130 cm³/mol. The second-order valence-corrected chi connectivity index (χ2v) is 10.5. The number of hydrogen-bond donors (Lipinski definition) is 0. The van der Waals surface area contributed by atoms with Crippen molar-refractivity contribution in [2.24, 2.45) is 0 Å². The largest absolute Gasteiger partial charge is 1.00 e. The van der Waals surface area contributed by atoms with Gasteiger partial charge in [0.1, 0.15) is 22.5 Å². The minimum atomic E-state index is -4.33. The van der Waals surface area contributed by atoms with Crippen LogP contribution in [0.5, 0.6) is 5.75 Å². The van der Waals surface area contributed by atoms with Gasteiger partial charge in [0.05, 0.1) is 5.25 Å². The van der Waals surface area contributed by atoms with Crippen molar-refractivity contribution in [3.63, 3.8) is 0 Å². The number of aryl methyl sites for hydroxylation is 2. The molecule has 1 rings (SSSR count). The Morgan fingerprint density at radius 1 is 0.781 bits per heavy atom. The monoisotopic (exact) mass is 476 g/mol. The first-order valence-electron chi connectivity index (χ1n) is 12.6. The summed E-state index contributed by atoms with van der Waals surface area (Å²) in [5.41, 5.74) is 2.71. The van der Waals surface area contributed by atoms with E-state index < -0.39 is 15.4 Å². The topological polar surface area (TPSA) is 66.4 Å². The summed E-state index contributed by atoms with van der Waals surface area (Å²) in [7, 11) is -4.33. The zero-order chi connectivity index (χ0) is 23.0. The molecule has 0 spiro atoms. The Balaban J connectivity index is 0.00000961. The van der Waals surface area contributed by atoms with Gasteiger partial charge in [-0.1, -0.05) is 91.0 Å². The van der Waals surface area contributed by atoms with Crippen molar-refractivity contribution in [1.29, 1.82) is 0 Å². The maximum atomic E-state index is 11.3. The van der Waals surface area contributed by atoms with Crippen LogP contribution in [0.15, 0.2) is 18.2 Å². The Kier molecular flexibility index (Phi) is 19.2. The average molecular weight is 477 g/mol. The van der Waals surface area contributed by atoms with Gasteiger partial charge in [-0.3, -0.25) is 0 Å². The van der Waals surface area contributed by atoms with E-state index >= 15 is 0 Å². The molecule has 0 heterocycles. The van der Waals surface area contributed by atoms with E-state index in [4.69, 9.17) is 4.74 Å². The summed E-state index contributed by atoms with van der Waals surface area (Å²) in [5.74, 6) is 0.676. The Bertz CT molecular complexity index is 691. The molecule has 4 nitrogen and oxygen atoms in total. The van der Waals surface area contributed by atoms with Crippen LogP contribution in [0.1, 0.15) is 115 Å². The molecular formula is C26H45NaO4S. The van der Waals surface area contributed by atoms with Gasteiger partial charge in [0, 0.05) is 0 Å². The predicted octanol–water partition coefficient (Wildman–Crippen LogP) is 4.20. The number of rotatable bonds is 19. The Labute approximate surface area is 220 Å². The molecule has 1 atom stereocenters. The van der Waals surface area contributed by atoms with E-state index in [0.29, 0.717) is 5.75 Å². The van der Waals surface area contributed by atoms with Crippen molar-refractivity contribution in [2.45, 2.75) is 122 Å². The molecule has 0 aliphatic rings. The molecule has 0 saturated carbocycles. The number of hydrogen-bond acceptors (Lipinski definition) is 4. The molecule has 1 aromatic rings. The van der Waals surface area contributed by atoms with Crippen LogP contribution in [0.4, 0.5) is 0 Å². The third-order valence-corrected chi connectivity index (χ3v) is 7.36. The minimum absolute atomic E-state index is 0. The molecule has 0 N–H and O–H groups in total. The first-order valence-corrected chi connectivity index (χ1v) is 14.1. The van der Waals surface area contributed by atoms with E-state index in [9.17, 15) is 13.0 Å². The molecule has 1 aromatic carbocycles. The molecule has 0 radical (unpaired) electrons. The summed E-state index contributed by atoms with van der Waals surface area (Å²) in [4.78, 5) is 0. The van der Waals surface area contributed by atoms with Gasteiger partial charge < -0.3 is 9.29 Å². The van der Waals surface area contributed by atoms with Crippen LogP contribution in [0, 0.1) is 0 Å². The maximum absolute atomic E-state index is 11.3. The summed E-state index contributed by atoms with van der Waals surface area (Å²) in [6.45, 7) is 6.11. The first kappa shape index (κ1) is 31.9. The van der Waals surface area contributed by atoms with Gasteiger partial charge in [0.2, 0.25) is 0 Å². The molecule has 32 heavy (non-hydrogen) atoms. The second-order valence-electron chi connectivity index (χ2n) is 8.80. The van der Waals surface area contributed by atoms with E-state index in [1.165, 1.54) is 88.2 Å². The number of ether oxygens (including phenoxy) is 1. The van der Waals surface area contributed by atoms with E-state index in [-0.39, 0.29) is 42.6 Å². The molecule has 0 saturated heterocycles. The molecule has 0 aromatic heterocycles. The molecule has 0 aliphatic carbocycles. The third kappa shape index (κ3) is 14.2. The van der Waals surface area contributed by atoms with Crippen molar-refractivity contribution < 1.29 is 47.3 Å². The fourth-order valence-corrected chi connectivity index (χ4v) is 4.60. The average Bonchev–Trinajstić information content (AvgIpc) is 2.73. The molecule has 1 unspecified atom stereocenters. The molecule has 6 heteroatoms. The molecule has 0 fully saturated rings. The second kappa shape index (κ2) is 19.3. The van der Waals surface area contributed by atoms with E-state index in [1.54, 1.807) is 6.92 Å². The van der Waals surface area contributed by atoms with Crippen LogP contribution in [-0.4, -0.2) is 24.8 Å². The van der Waals surface area contributed by atoms with Gasteiger partial charge >= 0.3 is 29.6 Å². The van der Waals surface area contributed by atoms with Gasteiger partial charge in [-0.2, -0.15) is 0 Å². The third-order valence-electron chi connectivity index (χ3n) is 6.08. The van der Waals surface area contributed by atoms with Crippen molar-refractivity contribution >= 4 is 10.1 Å². The first-order chi connectivity index (χ1) is 14.9. The van der Waals surface area contributed by atoms with Crippen LogP contribution < -0.4 is 34.3 Å². The van der Waals surface area contributed by atoms with Gasteiger partial charge in [0.15, 0.2) is 0 Å². The van der Waals surface area contributed by atoms with Crippen molar-refractivity contribution in [3.8, 4) is 5.75 Å². The Morgan fingerprint density at radius 3 is 1.78 bits per heavy atom. The quantitative estimate of drug-likeness (QED) is 0.171. The summed E-state index contributed by atoms with van der Waals surface area (Å²) in [6.07, 6.45) is 17.7. The van der Waals surface area contributed by atoms with Gasteiger partial charge in [0.25, 0.3) is 0 Å². The van der Waals surface area contributed by atoms with Crippen molar-refractivity contribution in [1.82, 2.24) is 0 Å². The summed E-state index contributed by atoms with van der Waals surface area (Å²) < 4.78 is 39.7. The van der Waals surface area contributed by atoms with Crippen LogP contribution in [0.25, 0.3) is 0 Å². The van der Waals surface area contributed by atoms with Crippen molar-refractivity contribution in [2.75, 3.05) is 6.61 Å². The molecule has 0 amide bonds. The normalized spacial score (nSPS) is 12.4. The summed E-state index contributed by atoms with van der Waals surface area (Å²) in [5, 5.41) is -0.989. The fraction of sp³-hybridized carbons (Fsp3) is 0.769. The molecule has 0 aliphatic heterocycles. The van der Waals surface area contributed by atoms with Crippen LogP contribution in [0.2, 0.25) is 0 Å². The van der Waals surface area contributed by atoms with Crippen LogP contribution in [-0.2, 0) is 23.0 Å². The molecular weight excluding hydrogens is 431 g/mol. The van der Waals surface area contributed by atoms with E-state index in [2.05, 4.69) is 26.0 Å². The maximum Gasteiger partial charge on any atom is 1.00 e. The van der Waals surface area contributed by atoms with Crippen molar-refractivity contribution in [3.05, 3.63) is 29.3 Å². The molecule has 0 bridgehead atoms. The SMILES string of the molecule is CCCCCCCCc1ccc(OCC(CC)S(=O)(=O)[O-])cc1CCCCCCCC.[Na+]. The van der Waals surface area contributed by atoms with E-state index in [1.807, 2.05) is 6.07 Å². The van der Waals surface area contributed by atoms with Gasteiger partial charge in [-0.15, -0.1) is 0 Å². The number of benzene rings is 1. The van der Waals surface area contributed by atoms with Crippen LogP contribution >= 0.6 is 0 Å². The Hall–Kier alpha value is -0.0700. The fourth-order valence-electron chi connectivity index (χ4n) is 3.95. The summed E-state index contributed by atoms with van der Waals surface area (Å²) in [6, 6.07) is 6.14.